The minimum absolute atomic E-state index is 0.0462. The Kier molecular flexibility index (Phi) is 7.99. The molecule has 0 aromatic rings. The van der Waals surface area contributed by atoms with E-state index in [4.69, 9.17) is 33.2 Å². The number of ether oxygens (including phenoxy) is 7. The molecular formula is C18H30O9. The standard InChI is InChI=1S/C18H30O9/c1-5-15(19)22-11-17(3)24-9-13(26-17)7-21-8-14-10-25-18(4,27-14)12-23-16(20)6-2/h13-14H,5-12H2,1-4H3. The topological polar surface area (TPSA) is 98.8 Å². The maximum atomic E-state index is 11.3. The predicted octanol–water partition coefficient (Wildman–Crippen LogP) is 1.17. The molecule has 2 aliphatic rings. The molecule has 4 unspecified atom stereocenters. The van der Waals surface area contributed by atoms with Crippen LogP contribution in [0.5, 0.6) is 0 Å². The molecule has 0 aromatic heterocycles. The number of esters is 2. The third-order valence-electron chi connectivity index (χ3n) is 4.16. The molecule has 156 valence electrons. The summed E-state index contributed by atoms with van der Waals surface area (Å²) in [5, 5.41) is 0. The molecule has 2 fully saturated rings. The lowest BCUT2D eigenvalue weighted by atomic mass is 10.3. The van der Waals surface area contributed by atoms with Crippen LogP contribution in [0.2, 0.25) is 0 Å². The first-order valence-electron chi connectivity index (χ1n) is 9.30. The molecule has 0 spiro atoms. The van der Waals surface area contributed by atoms with Crippen LogP contribution in [0.1, 0.15) is 40.5 Å². The Morgan fingerprint density at radius 2 is 1.26 bits per heavy atom. The molecule has 0 saturated carbocycles. The molecule has 2 saturated heterocycles. The monoisotopic (exact) mass is 390 g/mol. The van der Waals surface area contributed by atoms with Crippen molar-refractivity contribution in [2.45, 2.75) is 64.3 Å². The van der Waals surface area contributed by atoms with E-state index in [9.17, 15) is 9.59 Å². The van der Waals surface area contributed by atoms with Gasteiger partial charge in [0.2, 0.25) is 11.6 Å². The average Bonchev–Trinajstić information content (AvgIpc) is 3.21. The fourth-order valence-corrected chi connectivity index (χ4v) is 2.65. The molecule has 2 rings (SSSR count). The second kappa shape index (κ2) is 9.79. The van der Waals surface area contributed by atoms with Crippen molar-refractivity contribution in [3.05, 3.63) is 0 Å². The molecule has 0 aromatic carbocycles. The summed E-state index contributed by atoms with van der Waals surface area (Å²) < 4.78 is 38.5. The van der Waals surface area contributed by atoms with Crippen molar-refractivity contribution in [2.75, 3.05) is 39.6 Å². The summed E-state index contributed by atoms with van der Waals surface area (Å²) in [4.78, 5) is 22.5. The molecule has 9 nitrogen and oxygen atoms in total. The van der Waals surface area contributed by atoms with Crippen molar-refractivity contribution in [3.8, 4) is 0 Å². The Labute approximate surface area is 159 Å². The normalized spacial score (nSPS) is 33.2. The van der Waals surface area contributed by atoms with Gasteiger partial charge in [0.25, 0.3) is 0 Å². The van der Waals surface area contributed by atoms with Gasteiger partial charge in [0.1, 0.15) is 25.4 Å². The van der Waals surface area contributed by atoms with Crippen molar-refractivity contribution < 1.29 is 42.7 Å². The Balaban J connectivity index is 1.63. The van der Waals surface area contributed by atoms with Gasteiger partial charge in [0.05, 0.1) is 26.4 Å². The molecule has 0 bridgehead atoms. The summed E-state index contributed by atoms with van der Waals surface area (Å²) in [6.07, 6.45) is 0.106. The summed E-state index contributed by atoms with van der Waals surface area (Å²) in [5.74, 6) is -2.50. The number of hydrogen-bond acceptors (Lipinski definition) is 9. The maximum Gasteiger partial charge on any atom is 0.305 e. The quantitative estimate of drug-likeness (QED) is 0.509. The molecule has 4 atom stereocenters. The lowest BCUT2D eigenvalue weighted by molar-refractivity contribution is -0.203. The lowest BCUT2D eigenvalue weighted by Crippen LogP contribution is -2.35. The van der Waals surface area contributed by atoms with Crippen molar-refractivity contribution in [3.63, 3.8) is 0 Å². The zero-order valence-electron chi connectivity index (χ0n) is 16.5. The van der Waals surface area contributed by atoms with Crippen LogP contribution in [0.25, 0.3) is 0 Å². The molecule has 0 N–H and O–H groups in total. The zero-order valence-corrected chi connectivity index (χ0v) is 16.5. The van der Waals surface area contributed by atoms with Crippen molar-refractivity contribution in [2.24, 2.45) is 0 Å². The smallest absolute Gasteiger partial charge is 0.305 e. The Morgan fingerprint density at radius 1 is 0.852 bits per heavy atom. The first-order chi connectivity index (χ1) is 12.8. The van der Waals surface area contributed by atoms with E-state index in [0.717, 1.165) is 0 Å². The SMILES string of the molecule is CCC(=O)OCC1(C)OCC(COCC2COC(C)(COC(=O)CC)O2)O1. The van der Waals surface area contributed by atoms with Crippen LogP contribution in [-0.2, 0) is 42.7 Å². The highest BCUT2D eigenvalue weighted by Crippen LogP contribution is 2.26. The minimum Gasteiger partial charge on any atom is -0.460 e. The van der Waals surface area contributed by atoms with Crippen molar-refractivity contribution in [1.82, 2.24) is 0 Å². The second-order valence-corrected chi connectivity index (χ2v) is 6.94. The molecule has 9 heteroatoms. The first kappa shape index (κ1) is 22.0. The highest BCUT2D eigenvalue weighted by atomic mass is 16.8. The molecule has 2 aliphatic heterocycles. The molecule has 0 aliphatic carbocycles. The number of carbonyl (C=O) groups excluding carboxylic acids is 2. The third kappa shape index (κ3) is 7.00. The fraction of sp³-hybridized carbons (Fsp3) is 0.889. The summed E-state index contributed by atoms with van der Waals surface area (Å²) in [7, 11) is 0. The van der Waals surface area contributed by atoms with Gasteiger partial charge in [-0.05, 0) is 13.8 Å². The predicted molar refractivity (Wildman–Crippen MR) is 91.8 cm³/mol. The Bertz CT molecular complexity index is 467. The van der Waals surface area contributed by atoms with Crippen molar-refractivity contribution >= 4 is 11.9 Å². The largest absolute Gasteiger partial charge is 0.460 e. The third-order valence-corrected chi connectivity index (χ3v) is 4.16. The molecule has 2 heterocycles. The second-order valence-electron chi connectivity index (χ2n) is 6.94. The van der Waals surface area contributed by atoms with E-state index in [0.29, 0.717) is 39.3 Å². The fourth-order valence-electron chi connectivity index (χ4n) is 2.65. The van der Waals surface area contributed by atoms with Crippen LogP contribution in [0, 0.1) is 0 Å². The summed E-state index contributed by atoms with van der Waals surface area (Å²) in [6, 6.07) is 0. The van der Waals surface area contributed by atoms with E-state index in [2.05, 4.69) is 0 Å². The van der Waals surface area contributed by atoms with Crippen LogP contribution in [0.15, 0.2) is 0 Å². The average molecular weight is 390 g/mol. The van der Waals surface area contributed by atoms with E-state index in [1.165, 1.54) is 0 Å². The summed E-state index contributed by atoms with van der Waals surface area (Å²) in [6.45, 7) is 8.35. The van der Waals surface area contributed by atoms with E-state index in [1.807, 2.05) is 0 Å². The van der Waals surface area contributed by atoms with Crippen LogP contribution in [0.3, 0.4) is 0 Å². The maximum absolute atomic E-state index is 11.3. The van der Waals surface area contributed by atoms with Crippen LogP contribution < -0.4 is 0 Å². The Morgan fingerprint density at radius 3 is 1.63 bits per heavy atom. The first-order valence-corrected chi connectivity index (χ1v) is 9.30. The Hall–Kier alpha value is -1.26. The highest BCUT2D eigenvalue weighted by molar-refractivity contribution is 5.69. The van der Waals surface area contributed by atoms with Crippen LogP contribution >= 0.6 is 0 Å². The van der Waals surface area contributed by atoms with E-state index >= 15 is 0 Å². The van der Waals surface area contributed by atoms with Gasteiger partial charge in [-0.3, -0.25) is 9.59 Å². The van der Waals surface area contributed by atoms with Crippen LogP contribution in [-0.4, -0.2) is 75.4 Å². The van der Waals surface area contributed by atoms with Gasteiger partial charge in [-0.2, -0.15) is 0 Å². The van der Waals surface area contributed by atoms with Gasteiger partial charge in [-0.25, -0.2) is 0 Å². The van der Waals surface area contributed by atoms with Gasteiger partial charge in [-0.15, -0.1) is 0 Å². The lowest BCUT2D eigenvalue weighted by Gasteiger charge is -2.23. The summed E-state index contributed by atoms with van der Waals surface area (Å²) >= 11 is 0. The highest BCUT2D eigenvalue weighted by Gasteiger charge is 2.40. The number of rotatable bonds is 10. The van der Waals surface area contributed by atoms with Gasteiger partial charge in [0.15, 0.2) is 0 Å². The van der Waals surface area contributed by atoms with Gasteiger partial charge >= 0.3 is 11.9 Å². The van der Waals surface area contributed by atoms with E-state index in [-0.39, 0.29) is 37.4 Å². The van der Waals surface area contributed by atoms with Gasteiger partial charge in [-0.1, -0.05) is 13.8 Å². The molecule has 0 amide bonds. The number of carbonyl (C=O) groups is 2. The van der Waals surface area contributed by atoms with Crippen LogP contribution in [0.4, 0.5) is 0 Å². The molecule has 27 heavy (non-hydrogen) atoms. The number of hydrogen-bond donors (Lipinski definition) is 0. The van der Waals surface area contributed by atoms with Gasteiger partial charge in [0, 0.05) is 12.8 Å². The summed E-state index contributed by atoms with van der Waals surface area (Å²) in [5.41, 5.74) is 0. The van der Waals surface area contributed by atoms with Crippen molar-refractivity contribution in [1.29, 1.82) is 0 Å². The van der Waals surface area contributed by atoms with Gasteiger partial charge < -0.3 is 33.2 Å². The minimum atomic E-state index is -0.951. The molecular weight excluding hydrogens is 360 g/mol. The van der Waals surface area contributed by atoms with E-state index < -0.39 is 11.6 Å². The van der Waals surface area contributed by atoms with E-state index in [1.54, 1.807) is 27.7 Å². The zero-order chi connectivity index (χ0) is 19.9. The molecule has 0 radical (unpaired) electrons.